The Morgan fingerprint density at radius 2 is 2.25 bits per heavy atom. The van der Waals surface area contributed by atoms with Gasteiger partial charge in [-0.05, 0) is 6.26 Å². The van der Waals surface area contributed by atoms with Gasteiger partial charge in [-0.2, -0.15) is 0 Å². The molecule has 0 radical (unpaired) electrons. The highest BCUT2D eigenvalue weighted by atomic mass is 32.2. The van der Waals surface area contributed by atoms with Crippen molar-refractivity contribution in [2.45, 2.75) is 11.3 Å². The molecule has 108 valence electrons. The number of amides is 2. The van der Waals surface area contributed by atoms with E-state index in [0.29, 0.717) is 23.8 Å². The molecule has 1 aromatic heterocycles. The molecule has 0 bridgehead atoms. The van der Waals surface area contributed by atoms with Crippen LogP contribution in [0.25, 0.3) is 0 Å². The Morgan fingerprint density at radius 1 is 1.55 bits per heavy atom. The van der Waals surface area contributed by atoms with Crippen molar-refractivity contribution < 1.29 is 14.3 Å². The summed E-state index contributed by atoms with van der Waals surface area (Å²) in [5.41, 5.74) is 0.406. The number of hydrogen-bond acceptors (Lipinski definition) is 6. The van der Waals surface area contributed by atoms with Crippen LogP contribution in [0.5, 0.6) is 0 Å². The topological polar surface area (TPSA) is 84.4 Å². The first-order chi connectivity index (χ1) is 9.60. The van der Waals surface area contributed by atoms with Gasteiger partial charge in [0.2, 0.25) is 5.91 Å². The Balaban J connectivity index is 1.84. The van der Waals surface area contributed by atoms with Crippen LogP contribution in [0.3, 0.4) is 0 Å². The molecular weight excluding hydrogens is 280 g/mol. The number of ether oxygens (including phenoxy) is 1. The number of thioether (sulfide) groups is 1. The summed E-state index contributed by atoms with van der Waals surface area (Å²) in [5.74, 6) is -0.297. The number of aromatic nitrogens is 2. The van der Waals surface area contributed by atoms with Crippen LogP contribution in [-0.2, 0) is 9.53 Å². The van der Waals surface area contributed by atoms with Crippen molar-refractivity contribution in [3.63, 3.8) is 0 Å². The number of carbonyl (C=O) groups is 2. The molecule has 0 spiro atoms. The summed E-state index contributed by atoms with van der Waals surface area (Å²) in [7, 11) is 1.72. The smallest absolute Gasteiger partial charge is 0.254 e. The van der Waals surface area contributed by atoms with Gasteiger partial charge in [-0.25, -0.2) is 9.97 Å². The Morgan fingerprint density at radius 3 is 2.85 bits per heavy atom. The minimum absolute atomic E-state index is 0.0476. The van der Waals surface area contributed by atoms with Gasteiger partial charge >= 0.3 is 0 Å². The molecule has 1 N–H and O–H groups in total. The molecule has 1 atom stereocenters. The van der Waals surface area contributed by atoms with Gasteiger partial charge in [0.1, 0.15) is 6.61 Å². The van der Waals surface area contributed by atoms with Crippen molar-refractivity contribution in [1.82, 2.24) is 20.2 Å². The van der Waals surface area contributed by atoms with Gasteiger partial charge in [-0.1, -0.05) is 11.8 Å². The third-order valence-electron chi connectivity index (χ3n) is 2.91. The number of nitrogens with one attached hydrogen (secondary N) is 1. The maximum atomic E-state index is 11.9. The molecule has 8 heteroatoms. The molecule has 0 aromatic carbocycles. The van der Waals surface area contributed by atoms with Crippen LogP contribution in [0.1, 0.15) is 10.4 Å². The maximum Gasteiger partial charge on any atom is 0.254 e. The normalized spacial score (nSPS) is 19.0. The van der Waals surface area contributed by atoms with Crippen molar-refractivity contribution in [2.24, 2.45) is 0 Å². The van der Waals surface area contributed by atoms with E-state index in [2.05, 4.69) is 15.3 Å². The molecule has 0 saturated carbocycles. The molecule has 7 nitrogen and oxygen atoms in total. The lowest BCUT2D eigenvalue weighted by molar-refractivity contribution is -0.146. The molecule has 1 fully saturated rings. The molecule has 1 saturated heterocycles. The molecule has 1 aliphatic rings. The molecule has 2 heterocycles. The van der Waals surface area contributed by atoms with E-state index in [0.717, 1.165) is 0 Å². The molecular formula is C12H16N4O3S. The van der Waals surface area contributed by atoms with Crippen LogP contribution in [0.15, 0.2) is 17.6 Å². The van der Waals surface area contributed by atoms with Crippen molar-refractivity contribution in [3.8, 4) is 0 Å². The zero-order valence-electron chi connectivity index (χ0n) is 11.3. The van der Waals surface area contributed by atoms with Gasteiger partial charge in [-0.3, -0.25) is 9.59 Å². The number of morpholine rings is 1. The Kier molecular flexibility index (Phi) is 4.91. The standard InChI is InChI=1S/C12H16N4O3S/c1-16-6-9(19-7-10(16)17)5-13-11(18)8-3-14-12(20-2)15-4-8/h3-4,9H,5-7H2,1-2H3,(H,13,18)/t9-/m1/s1. The van der Waals surface area contributed by atoms with Gasteiger partial charge in [-0.15, -0.1) is 0 Å². The monoisotopic (exact) mass is 296 g/mol. The van der Waals surface area contributed by atoms with Crippen molar-refractivity contribution >= 4 is 23.6 Å². The van der Waals surface area contributed by atoms with E-state index in [1.165, 1.54) is 24.2 Å². The predicted octanol–water partition coefficient (Wildman–Crippen LogP) is -0.214. The highest BCUT2D eigenvalue weighted by Gasteiger charge is 2.23. The molecule has 20 heavy (non-hydrogen) atoms. The van der Waals surface area contributed by atoms with E-state index in [4.69, 9.17) is 4.74 Å². The van der Waals surface area contributed by atoms with E-state index in [9.17, 15) is 9.59 Å². The Bertz CT molecular complexity index is 494. The average molecular weight is 296 g/mol. The fourth-order valence-electron chi connectivity index (χ4n) is 1.73. The van der Waals surface area contributed by atoms with Crippen molar-refractivity contribution in [3.05, 3.63) is 18.0 Å². The number of rotatable bonds is 4. The Hall–Kier alpha value is -1.67. The molecule has 0 unspecified atom stereocenters. The van der Waals surface area contributed by atoms with Gasteiger partial charge in [0.25, 0.3) is 5.91 Å². The second kappa shape index (κ2) is 6.67. The minimum Gasteiger partial charge on any atom is -0.365 e. The van der Waals surface area contributed by atoms with Crippen molar-refractivity contribution in [2.75, 3.05) is 33.0 Å². The van der Waals surface area contributed by atoms with Crippen LogP contribution in [0, 0.1) is 0 Å². The first-order valence-corrected chi connectivity index (χ1v) is 7.32. The molecule has 2 rings (SSSR count). The van der Waals surface area contributed by atoms with Gasteiger partial charge in [0.15, 0.2) is 5.16 Å². The van der Waals surface area contributed by atoms with E-state index in [1.54, 1.807) is 11.9 Å². The maximum absolute atomic E-state index is 11.9. The van der Waals surface area contributed by atoms with E-state index < -0.39 is 0 Å². The summed E-state index contributed by atoms with van der Waals surface area (Å²) in [6.07, 6.45) is 4.66. The van der Waals surface area contributed by atoms with E-state index in [1.807, 2.05) is 6.26 Å². The van der Waals surface area contributed by atoms with Gasteiger partial charge in [0, 0.05) is 32.5 Å². The Labute approximate surface area is 121 Å². The van der Waals surface area contributed by atoms with Crippen molar-refractivity contribution in [1.29, 1.82) is 0 Å². The minimum atomic E-state index is -0.249. The lowest BCUT2D eigenvalue weighted by atomic mass is 10.2. The summed E-state index contributed by atoms with van der Waals surface area (Å²) >= 11 is 1.41. The van der Waals surface area contributed by atoms with Crippen LogP contribution in [0.2, 0.25) is 0 Å². The summed E-state index contributed by atoms with van der Waals surface area (Å²) in [5, 5.41) is 3.38. The van der Waals surface area contributed by atoms with Crippen LogP contribution >= 0.6 is 11.8 Å². The highest BCUT2D eigenvalue weighted by Crippen LogP contribution is 2.07. The molecule has 2 amide bonds. The first-order valence-electron chi connectivity index (χ1n) is 6.10. The lowest BCUT2D eigenvalue weighted by Crippen LogP contribution is -2.48. The molecule has 1 aromatic rings. The zero-order valence-corrected chi connectivity index (χ0v) is 12.1. The number of nitrogens with zero attached hydrogens (tertiary/aromatic N) is 3. The molecule has 1 aliphatic heterocycles. The largest absolute Gasteiger partial charge is 0.365 e. The highest BCUT2D eigenvalue weighted by molar-refractivity contribution is 7.98. The van der Waals surface area contributed by atoms with Crippen LogP contribution < -0.4 is 5.32 Å². The summed E-state index contributed by atoms with van der Waals surface area (Å²) < 4.78 is 5.34. The third-order valence-corrected chi connectivity index (χ3v) is 3.48. The predicted molar refractivity (Wildman–Crippen MR) is 73.5 cm³/mol. The van der Waals surface area contributed by atoms with Gasteiger partial charge in [0.05, 0.1) is 11.7 Å². The summed E-state index contributed by atoms with van der Waals surface area (Å²) in [6.45, 7) is 0.879. The van der Waals surface area contributed by atoms with Crippen LogP contribution in [-0.4, -0.2) is 65.8 Å². The third kappa shape index (κ3) is 3.67. The molecule has 0 aliphatic carbocycles. The fraction of sp³-hybridized carbons (Fsp3) is 0.500. The number of likely N-dealkylation sites (N-methyl/N-ethyl adjacent to an activating group) is 1. The van der Waals surface area contributed by atoms with Crippen LogP contribution in [0.4, 0.5) is 0 Å². The average Bonchev–Trinajstić information content (AvgIpc) is 2.48. The second-order valence-corrected chi connectivity index (χ2v) is 5.15. The van der Waals surface area contributed by atoms with E-state index >= 15 is 0 Å². The first kappa shape index (κ1) is 14.7. The van der Waals surface area contributed by atoms with E-state index in [-0.39, 0.29) is 24.5 Å². The number of hydrogen-bond donors (Lipinski definition) is 1. The fourth-order valence-corrected chi connectivity index (χ4v) is 2.05. The second-order valence-electron chi connectivity index (χ2n) is 4.38. The number of carbonyl (C=O) groups excluding carboxylic acids is 2. The SMILES string of the molecule is CSc1ncc(C(=O)NC[C@@H]2CN(C)C(=O)CO2)cn1. The zero-order chi connectivity index (χ0) is 14.5. The quantitative estimate of drug-likeness (QED) is 0.611. The summed E-state index contributed by atoms with van der Waals surface area (Å²) in [6, 6.07) is 0. The van der Waals surface area contributed by atoms with Gasteiger partial charge < -0.3 is 15.0 Å². The lowest BCUT2D eigenvalue weighted by Gasteiger charge is -2.29. The summed E-state index contributed by atoms with van der Waals surface area (Å²) in [4.78, 5) is 32.8.